The van der Waals surface area contributed by atoms with Crippen molar-refractivity contribution in [3.05, 3.63) is 47.0 Å². The average Bonchev–Trinajstić information content (AvgIpc) is 2.67. The first kappa shape index (κ1) is 17.5. The number of nitrogens with zero attached hydrogens (tertiary/aromatic N) is 1. The quantitative estimate of drug-likeness (QED) is 0.589. The topological polar surface area (TPSA) is 23.8 Å². The molecule has 0 radical (unpaired) electrons. The highest BCUT2D eigenvalue weighted by atomic mass is 19.1. The van der Waals surface area contributed by atoms with E-state index in [0.29, 0.717) is 11.3 Å². The monoisotopic (exact) mass is 353 g/mol. The summed E-state index contributed by atoms with van der Waals surface area (Å²) >= 11 is 0. The van der Waals surface area contributed by atoms with Gasteiger partial charge >= 0.3 is 0 Å². The predicted molar refractivity (Wildman–Crippen MR) is 99.8 cm³/mol. The molecule has 2 aromatic carbocycles. The minimum Gasteiger partial charge on any atom is -0.206 e. The molecule has 136 valence electrons. The van der Waals surface area contributed by atoms with Crippen molar-refractivity contribution in [3.8, 4) is 6.07 Å². The van der Waals surface area contributed by atoms with Gasteiger partial charge in [-0.15, -0.1) is 0 Å². The van der Waals surface area contributed by atoms with Gasteiger partial charge in [-0.05, 0) is 78.9 Å². The van der Waals surface area contributed by atoms with Crippen LogP contribution in [0.15, 0.2) is 24.3 Å². The molecule has 0 heterocycles. The molecule has 2 aliphatic carbocycles. The Labute approximate surface area is 154 Å². The molecule has 26 heavy (non-hydrogen) atoms. The van der Waals surface area contributed by atoms with Crippen molar-refractivity contribution in [1.29, 1.82) is 5.26 Å². The molecular weight excluding hydrogens is 328 g/mol. The zero-order valence-corrected chi connectivity index (χ0v) is 15.3. The van der Waals surface area contributed by atoms with Crippen LogP contribution in [0.1, 0.15) is 68.9 Å². The van der Waals surface area contributed by atoms with Gasteiger partial charge in [-0.1, -0.05) is 31.9 Å². The molecular formula is C23H25F2N. The number of hydrogen-bond acceptors (Lipinski definition) is 1. The van der Waals surface area contributed by atoms with Crippen molar-refractivity contribution < 1.29 is 8.78 Å². The van der Waals surface area contributed by atoms with Crippen LogP contribution in [-0.4, -0.2) is 0 Å². The number of hydrogen-bond donors (Lipinski definition) is 0. The SMILES string of the molecule is CCC1CCC2CC(c3cc4cccc(F)c4c(F)c3C#N)CCC2C1. The van der Waals surface area contributed by atoms with Crippen LogP contribution in [0.4, 0.5) is 8.78 Å². The van der Waals surface area contributed by atoms with E-state index in [0.717, 1.165) is 30.2 Å². The third-order valence-corrected chi connectivity index (χ3v) is 6.94. The van der Waals surface area contributed by atoms with E-state index < -0.39 is 11.6 Å². The van der Waals surface area contributed by atoms with Crippen molar-refractivity contribution in [3.63, 3.8) is 0 Å². The molecule has 4 rings (SSSR count). The van der Waals surface area contributed by atoms with E-state index in [-0.39, 0.29) is 16.9 Å². The molecule has 0 saturated heterocycles. The van der Waals surface area contributed by atoms with Gasteiger partial charge in [-0.25, -0.2) is 8.78 Å². The first-order chi connectivity index (χ1) is 12.6. The van der Waals surface area contributed by atoms with E-state index >= 15 is 0 Å². The number of nitriles is 1. The maximum absolute atomic E-state index is 14.9. The van der Waals surface area contributed by atoms with Crippen molar-refractivity contribution >= 4 is 10.8 Å². The molecule has 0 spiro atoms. The van der Waals surface area contributed by atoms with E-state index in [9.17, 15) is 14.0 Å². The summed E-state index contributed by atoms with van der Waals surface area (Å²) < 4.78 is 29.0. The van der Waals surface area contributed by atoms with Crippen LogP contribution < -0.4 is 0 Å². The maximum atomic E-state index is 14.9. The lowest BCUT2D eigenvalue weighted by Crippen LogP contribution is -2.30. The first-order valence-electron chi connectivity index (χ1n) is 9.93. The van der Waals surface area contributed by atoms with E-state index in [2.05, 4.69) is 6.92 Å². The van der Waals surface area contributed by atoms with Crippen LogP contribution in [0.5, 0.6) is 0 Å². The average molecular weight is 353 g/mol. The van der Waals surface area contributed by atoms with Crippen molar-refractivity contribution in [2.75, 3.05) is 0 Å². The molecule has 1 nitrogen and oxygen atoms in total. The van der Waals surface area contributed by atoms with Crippen LogP contribution in [0, 0.1) is 40.7 Å². The van der Waals surface area contributed by atoms with Crippen molar-refractivity contribution in [1.82, 2.24) is 0 Å². The second kappa shape index (κ2) is 6.99. The largest absolute Gasteiger partial charge is 0.206 e. The van der Waals surface area contributed by atoms with Gasteiger partial charge in [-0.3, -0.25) is 0 Å². The zero-order chi connectivity index (χ0) is 18.3. The summed E-state index contributed by atoms with van der Waals surface area (Å²) in [7, 11) is 0. The predicted octanol–water partition coefficient (Wildman–Crippen LogP) is 6.70. The lowest BCUT2D eigenvalue weighted by molar-refractivity contribution is 0.116. The Morgan fingerprint density at radius 1 is 1.08 bits per heavy atom. The van der Waals surface area contributed by atoms with Crippen LogP contribution in [0.3, 0.4) is 0 Å². The standard InChI is InChI=1S/C23H25F2N/c1-2-14-6-7-16-11-17(9-8-15(16)10-14)19-12-18-4-3-5-21(24)22(18)23(25)20(19)13-26/h3-5,12,14-17H,2,6-11H2,1H3. The van der Waals surface area contributed by atoms with Crippen molar-refractivity contribution in [2.24, 2.45) is 17.8 Å². The molecule has 2 fully saturated rings. The fourth-order valence-electron chi connectivity index (χ4n) is 5.46. The molecule has 2 aromatic rings. The van der Waals surface area contributed by atoms with Gasteiger partial charge in [0, 0.05) is 0 Å². The van der Waals surface area contributed by atoms with Gasteiger partial charge in [0.15, 0.2) is 5.82 Å². The molecule has 0 bridgehead atoms. The number of halogens is 2. The Bertz CT molecular complexity index is 867. The Kier molecular flexibility index (Phi) is 4.69. The zero-order valence-electron chi connectivity index (χ0n) is 15.3. The fourth-order valence-corrected chi connectivity index (χ4v) is 5.46. The Hall–Kier alpha value is -1.95. The highest BCUT2D eigenvalue weighted by Gasteiger charge is 2.36. The van der Waals surface area contributed by atoms with Crippen molar-refractivity contribution in [2.45, 2.75) is 57.8 Å². The smallest absolute Gasteiger partial charge is 0.152 e. The third-order valence-electron chi connectivity index (χ3n) is 6.94. The molecule has 0 amide bonds. The summed E-state index contributed by atoms with van der Waals surface area (Å²) in [6, 6.07) is 8.49. The van der Waals surface area contributed by atoms with Gasteiger partial charge in [0.1, 0.15) is 11.9 Å². The minimum absolute atomic E-state index is 0.0493. The second-order valence-corrected chi connectivity index (χ2v) is 8.22. The van der Waals surface area contributed by atoms with Gasteiger partial charge in [0.2, 0.25) is 0 Å². The molecule has 3 heteroatoms. The highest BCUT2D eigenvalue weighted by Crippen LogP contribution is 2.49. The second-order valence-electron chi connectivity index (χ2n) is 8.22. The molecule has 2 aliphatic rings. The fraction of sp³-hybridized carbons (Fsp3) is 0.522. The van der Waals surface area contributed by atoms with Crippen LogP contribution in [0.2, 0.25) is 0 Å². The van der Waals surface area contributed by atoms with Gasteiger partial charge in [-0.2, -0.15) is 5.26 Å². The van der Waals surface area contributed by atoms with E-state index in [1.165, 1.54) is 38.2 Å². The molecule has 0 aromatic heterocycles. The number of benzene rings is 2. The number of rotatable bonds is 2. The van der Waals surface area contributed by atoms with Gasteiger partial charge < -0.3 is 0 Å². The van der Waals surface area contributed by atoms with Crippen LogP contribution in [-0.2, 0) is 0 Å². The summed E-state index contributed by atoms with van der Waals surface area (Å²) in [5.41, 5.74) is 0.840. The number of fused-ring (bicyclic) bond motifs is 2. The Morgan fingerprint density at radius 2 is 1.85 bits per heavy atom. The molecule has 4 atom stereocenters. The molecule has 0 aliphatic heterocycles. The third kappa shape index (κ3) is 2.90. The van der Waals surface area contributed by atoms with Crippen LogP contribution >= 0.6 is 0 Å². The summed E-state index contributed by atoms with van der Waals surface area (Å²) in [6.45, 7) is 2.28. The highest BCUT2D eigenvalue weighted by molar-refractivity contribution is 5.86. The maximum Gasteiger partial charge on any atom is 0.152 e. The Morgan fingerprint density at radius 3 is 2.62 bits per heavy atom. The van der Waals surface area contributed by atoms with E-state index in [4.69, 9.17) is 0 Å². The summed E-state index contributed by atoms with van der Waals surface area (Å²) in [5.74, 6) is 1.28. The minimum atomic E-state index is -0.685. The lowest BCUT2D eigenvalue weighted by atomic mass is 9.63. The molecule has 0 N–H and O–H groups in total. The lowest BCUT2D eigenvalue weighted by Gasteiger charge is -2.42. The molecule has 4 unspecified atom stereocenters. The normalized spacial score (nSPS) is 28.5. The van der Waals surface area contributed by atoms with Crippen LogP contribution in [0.25, 0.3) is 10.8 Å². The van der Waals surface area contributed by atoms with Gasteiger partial charge in [0.25, 0.3) is 0 Å². The summed E-state index contributed by atoms with van der Waals surface area (Å²) in [5, 5.41) is 10.1. The molecule has 2 saturated carbocycles. The van der Waals surface area contributed by atoms with Gasteiger partial charge in [0.05, 0.1) is 10.9 Å². The summed E-state index contributed by atoms with van der Waals surface area (Å²) in [6.07, 6.45) is 8.37. The van der Waals surface area contributed by atoms with E-state index in [1.54, 1.807) is 12.1 Å². The first-order valence-corrected chi connectivity index (χ1v) is 9.93. The van der Waals surface area contributed by atoms with E-state index in [1.807, 2.05) is 12.1 Å². The summed E-state index contributed by atoms with van der Waals surface area (Å²) in [4.78, 5) is 0. The Balaban J connectivity index is 1.68.